The molecule has 0 spiro atoms. The predicted molar refractivity (Wildman–Crippen MR) is 123 cm³/mol. The van der Waals surface area contributed by atoms with E-state index in [0.717, 1.165) is 46.1 Å². The van der Waals surface area contributed by atoms with Crippen molar-refractivity contribution < 1.29 is 14.2 Å². The molecule has 31 heavy (non-hydrogen) atoms. The molecular formula is C25H24N2O3S. The van der Waals surface area contributed by atoms with Gasteiger partial charge in [0.1, 0.15) is 5.75 Å². The van der Waals surface area contributed by atoms with Crippen molar-refractivity contribution in [1.82, 2.24) is 5.01 Å². The summed E-state index contributed by atoms with van der Waals surface area (Å²) in [7, 11) is 3.36. The lowest BCUT2D eigenvalue weighted by atomic mass is 9.95. The van der Waals surface area contributed by atoms with E-state index in [1.54, 1.807) is 26.0 Å². The molecule has 5 rings (SSSR count). The molecule has 5 nitrogen and oxygen atoms in total. The largest absolute Gasteiger partial charge is 0.497 e. The van der Waals surface area contributed by atoms with Crippen LogP contribution in [-0.4, -0.2) is 31.2 Å². The molecule has 3 aromatic carbocycles. The Balaban J connectivity index is 1.57. The summed E-state index contributed by atoms with van der Waals surface area (Å²) in [4.78, 5) is 1.22. The van der Waals surface area contributed by atoms with E-state index in [1.807, 2.05) is 24.3 Å². The zero-order valence-corrected chi connectivity index (χ0v) is 18.6. The first-order chi connectivity index (χ1) is 15.2. The number of rotatable bonds is 5. The zero-order valence-electron chi connectivity index (χ0n) is 17.7. The average Bonchev–Trinajstić information content (AvgIpc) is 3.29. The van der Waals surface area contributed by atoms with Crippen LogP contribution in [0.4, 0.5) is 0 Å². The Morgan fingerprint density at radius 3 is 2.42 bits per heavy atom. The number of benzene rings is 3. The SMILES string of the molecule is COc1ccc(C2=NN3[C@@H](c4ccc(SC)cc4)Oc4c(OC)cccc4[C@@H]3C2)cc1. The number of ether oxygens (including phenoxy) is 3. The second-order valence-corrected chi connectivity index (χ2v) is 8.38. The highest BCUT2D eigenvalue weighted by Gasteiger charge is 2.42. The van der Waals surface area contributed by atoms with E-state index in [0.29, 0.717) is 0 Å². The summed E-state index contributed by atoms with van der Waals surface area (Å²) < 4.78 is 17.4. The van der Waals surface area contributed by atoms with Crippen LogP contribution in [0.1, 0.15) is 35.4 Å². The molecule has 0 saturated heterocycles. The van der Waals surface area contributed by atoms with Gasteiger partial charge in [-0.3, -0.25) is 0 Å². The minimum atomic E-state index is -0.319. The van der Waals surface area contributed by atoms with Gasteiger partial charge in [0.15, 0.2) is 11.5 Å². The van der Waals surface area contributed by atoms with E-state index in [-0.39, 0.29) is 12.3 Å². The fourth-order valence-corrected chi connectivity index (χ4v) is 4.60. The smallest absolute Gasteiger partial charge is 0.214 e. The molecule has 0 N–H and O–H groups in total. The van der Waals surface area contributed by atoms with Crippen molar-refractivity contribution in [3.8, 4) is 17.2 Å². The van der Waals surface area contributed by atoms with Crippen molar-refractivity contribution in [2.24, 2.45) is 5.10 Å². The van der Waals surface area contributed by atoms with E-state index in [2.05, 4.69) is 53.7 Å². The minimum absolute atomic E-state index is 0.0844. The molecule has 0 saturated carbocycles. The average molecular weight is 433 g/mol. The number of methoxy groups -OCH3 is 2. The molecule has 0 aliphatic carbocycles. The van der Waals surface area contributed by atoms with Crippen molar-refractivity contribution in [3.05, 3.63) is 83.4 Å². The van der Waals surface area contributed by atoms with E-state index in [1.165, 1.54) is 4.90 Å². The molecule has 2 heterocycles. The van der Waals surface area contributed by atoms with Gasteiger partial charge >= 0.3 is 0 Å². The highest BCUT2D eigenvalue weighted by molar-refractivity contribution is 7.98. The van der Waals surface area contributed by atoms with Crippen LogP contribution in [0.3, 0.4) is 0 Å². The first kappa shape index (κ1) is 19.8. The van der Waals surface area contributed by atoms with Crippen LogP contribution in [0.25, 0.3) is 0 Å². The standard InChI is InChI=1S/C25H24N2O3S/c1-28-18-11-7-16(8-12-18)21-15-22-20-5-4-6-23(29-2)24(20)30-25(27(22)26-21)17-9-13-19(31-3)14-10-17/h4-14,22,25H,15H2,1-3H3/t22-,25+/m0/s1. The summed E-state index contributed by atoms with van der Waals surface area (Å²) in [5, 5.41) is 7.12. The number of thioether (sulfide) groups is 1. The number of para-hydroxylation sites is 1. The van der Waals surface area contributed by atoms with Gasteiger partial charge < -0.3 is 14.2 Å². The molecule has 0 fully saturated rings. The maximum absolute atomic E-state index is 6.52. The molecule has 0 amide bonds. The highest BCUT2D eigenvalue weighted by atomic mass is 32.2. The molecule has 0 bridgehead atoms. The molecule has 2 aliphatic heterocycles. The summed E-state index contributed by atoms with van der Waals surface area (Å²) in [6, 6.07) is 22.7. The topological polar surface area (TPSA) is 43.3 Å². The van der Waals surface area contributed by atoms with Crippen LogP contribution in [0, 0.1) is 0 Å². The number of nitrogens with zero attached hydrogens (tertiary/aromatic N) is 2. The molecule has 2 aliphatic rings. The first-order valence-corrected chi connectivity index (χ1v) is 11.4. The Bertz CT molecular complexity index is 1110. The van der Waals surface area contributed by atoms with Crippen LogP contribution >= 0.6 is 11.8 Å². The summed E-state index contributed by atoms with van der Waals surface area (Å²) in [6.45, 7) is 0. The molecule has 3 aromatic rings. The maximum Gasteiger partial charge on any atom is 0.214 e. The van der Waals surface area contributed by atoms with Gasteiger partial charge in [0, 0.05) is 22.4 Å². The van der Waals surface area contributed by atoms with Gasteiger partial charge in [0.25, 0.3) is 0 Å². The fraction of sp³-hybridized carbons (Fsp3) is 0.240. The fourth-order valence-electron chi connectivity index (χ4n) is 4.19. The van der Waals surface area contributed by atoms with Crippen LogP contribution < -0.4 is 14.2 Å². The lowest BCUT2D eigenvalue weighted by Crippen LogP contribution is -2.33. The minimum Gasteiger partial charge on any atom is -0.497 e. The van der Waals surface area contributed by atoms with Crippen LogP contribution in [0.5, 0.6) is 17.2 Å². The third kappa shape index (κ3) is 3.51. The molecule has 0 unspecified atom stereocenters. The van der Waals surface area contributed by atoms with Crippen molar-refractivity contribution in [2.75, 3.05) is 20.5 Å². The first-order valence-electron chi connectivity index (χ1n) is 10.2. The summed E-state index contributed by atoms with van der Waals surface area (Å²) >= 11 is 1.73. The van der Waals surface area contributed by atoms with E-state index in [4.69, 9.17) is 19.3 Å². The maximum atomic E-state index is 6.52. The Hall–Kier alpha value is -3.12. The van der Waals surface area contributed by atoms with Gasteiger partial charge in [-0.25, -0.2) is 5.01 Å². The van der Waals surface area contributed by atoms with Crippen LogP contribution in [0.15, 0.2) is 76.7 Å². The van der Waals surface area contributed by atoms with Gasteiger partial charge in [-0.15, -0.1) is 11.8 Å². The molecule has 0 aromatic heterocycles. The molecule has 0 radical (unpaired) electrons. The highest BCUT2D eigenvalue weighted by Crippen LogP contribution is 2.50. The van der Waals surface area contributed by atoms with Gasteiger partial charge in [0.2, 0.25) is 6.23 Å². The monoisotopic (exact) mass is 432 g/mol. The molecule has 2 atom stereocenters. The van der Waals surface area contributed by atoms with E-state index < -0.39 is 0 Å². The second-order valence-electron chi connectivity index (χ2n) is 7.50. The number of hydrazone groups is 1. The Kier molecular flexibility index (Phi) is 5.24. The molecular weight excluding hydrogens is 408 g/mol. The quantitative estimate of drug-likeness (QED) is 0.486. The van der Waals surface area contributed by atoms with Crippen molar-refractivity contribution in [2.45, 2.75) is 23.6 Å². The van der Waals surface area contributed by atoms with Crippen LogP contribution in [-0.2, 0) is 0 Å². The Morgan fingerprint density at radius 1 is 0.968 bits per heavy atom. The molecule has 158 valence electrons. The van der Waals surface area contributed by atoms with E-state index >= 15 is 0 Å². The van der Waals surface area contributed by atoms with Gasteiger partial charge in [-0.2, -0.15) is 5.10 Å². The zero-order chi connectivity index (χ0) is 21.4. The lowest BCUT2D eigenvalue weighted by molar-refractivity contribution is -0.0209. The Labute approximate surface area is 186 Å². The normalized spacial score (nSPS) is 19.2. The van der Waals surface area contributed by atoms with Gasteiger partial charge in [0.05, 0.1) is 26.0 Å². The van der Waals surface area contributed by atoms with E-state index in [9.17, 15) is 0 Å². The lowest BCUT2D eigenvalue weighted by Gasteiger charge is -2.38. The number of fused-ring (bicyclic) bond motifs is 3. The number of hydrogen-bond donors (Lipinski definition) is 0. The summed E-state index contributed by atoms with van der Waals surface area (Å²) in [6.07, 6.45) is 2.56. The third-order valence-electron chi connectivity index (χ3n) is 5.82. The second kappa shape index (κ2) is 8.19. The summed E-state index contributed by atoms with van der Waals surface area (Å²) in [5.74, 6) is 2.39. The van der Waals surface area contributed by atoms with Gasteiger partial charge in [-0.1, -0.05) is 24.3 Å². The van der Waals surface area contributed by atoms with Crippen molar-refractivity contribution in [3.63, 3.8) is 0 Å². The molecule has 6 heteroatoms. The van der Waals surface area contributed by atoms with Crippen molar-refractivity contribution in [1.29, 1.82) is 0 Å². The van der Waals surface area contributed by atoms with Gasteiger partial charge in [-0.05, 0) is 54.3 Å². The predicted octanol–water partition coefficient (Wildman–Crippen LogP) is 5.67. The number of hydrogen-bond acceptors (Lipinski definition) is 6. The summed E-state index contributed by atoms with van der Waals surface area (Å²) in [5.41, 5.74) is 4.30. The third-order valence-corrected chi connectivity index (χ3v) is 6.57. The van der Waals surface area contributed by atoms with Crippen LogP contribution in [0.2, 0.25) is 0 Å². The van der Waals surface area contributed by atoms with Crippen molar-refractivity contribution >= 4 is 17.5 Å². The Morgan fingerprint density at radius 2 is 1.74 bits per heavy atom.